The zero-order valence-corrected chi connectivity index (χ0v) is 27.8. The number of rotatable bonds is 6. The Morgan fingerprint density at radius 2 is 1.04 bits per heavy atom. The smallest absolute Gasteiger partial charge is 0.161 e. The lowest BCUT2D eigenvalue weighted by atomic mass is 9.67. The Morgan fingerprint density at radius 3 is 1.56 bits per heavy atom. The number of benzene rings is 6. The summed E-state index contributed by atoms with van der Waals surface area (Å²) in [5.41, 5.74) is 11.4. The highest BCUT2D eigenvalue weighted by molar-refractivity contribution is 6.12. The van der Waals surface area contributed by atoms with Crippen LogP contribution in [0.3, 0.4) is 0 Å². The van der Waals surface area contributed by atoms with Crippen molar-refractivity contribution in [2.45, 2.75) is 38.1 Å². The molecule has 3 heteroatoms. The van der Waals surface area contributed by atoms with E-state index in [0.29, 0.717) is 18.2 Å². The number of aliphatic imine (C=N–C) groups is 3. The van der Waals surface area contributed by atoms with E-state index in [1.165, 1.54) is 38.9 Å². The lowest BCUT2D eigenvalue weighted by molar-refractivity contribution is 0.588. The summed E-state index contributed by atoms with van der Waals surface area (Å²) >= 11 is 0. The Balaban J connectivity index is 1.41. The summed E-state index contributed by atoms with van der Waals surface area (Å²) < 4.78 is 0. The topological polar surface area (TPSA) is 37.1 Å². The Hall–Kier alpha value is -5.67. The highest BCUT2D eigenvalue weighted by Crippen LogP contribution is 2.56. The molecule has 0 atom stereocenters. The SMILES string of the molecule is C=NC(=NC(=NCc1ccc2c(c1)C(c1ccccc1)(c1ccccc1)c1cc(C(C)(C)C)ccc1-2)c1ccccc1)c1ccccc1. The molecular weight excluding hydrogens is 583 g/mol. The van der Waals surface area contributed by atoms with Gasteiger partial charge in [0.1, 0.15) is 0 Å². The van der Waals surface area contributed by atoms with Crippen LogP contribution in [0.1, 0.15) is 65.3 Å². The Bertz CT molecular complexity index is 2080. The van der Waals surface area contributed by atoms with Crippen molar-refractivity contribution in [2.75, 3.05) is 0 Å². The van der Waals surface area contributed by atoms with E-state index in [0.717, 1.165) is 16.7 Å². The Morgan fingerprint density at radius 1 is 0.562 bits per heavy atom. The van der Waals surface area contributed by atoms with E-state index in [4.69, 9.17) is 9.98 Å². The van der Waals surface area contributed by atoms with Crippen LogP contribution in [-0.2, 0) is 17.4 Å². The van der Waals surface area contributed by atoms with Gasteiger partial charge in [-0.15, -0.1) is 0 Å². The molecule has 1 aliphatic carbocycles. The molecule has 3 nitrogen and oxygen atoms in total. The van der Waals surface area contributed by atoms with E-state index in [9.17, 15) is 0 Å². The summed E-state index contributed by atoms with van der Waals surface area (Å²) in [4.78, 5) is 14.4. The van der Waals surface area contributed by atoms with Gasteiger partial charge in [-0.2, -0.15) is 0 Å². The summed E-state index contributed by atoms with van der Waals surface area (Å²) in [6, 6.07) is 55.9. The number of fused-ring (bicyclic) bond motifs is 3. The number of nitrogens with zero attached hydrogens (tertiary/aromatic N) is 3. The fourth-order valence-electron chi connectivity index (χ4n) is 6.92. The van der Waals surface area contributed by atoms with E-state index in [1.807, 2.05) is 60.7 Å². The van der Waals surface area contributed by atoms with Crippen LogP contribution in [-0.4, -0.2) is 18.4 Å². The summed E-state index contributed by atoms with van der Waals surface area (Å²) in [5.74, 6) is 1.17. The third-order valence-corrected chi connectivity index (χ3v) is 9.32. The van der Waals surface area contributed by atoms with E-state index < -0.39 is 5.41 Å². The Labute approximate surface area is 284 Å². The van der Waals surface area contributed by atoms with E-state index in [1.54, 1.807) is 0 Å². The monoisotopic (exact) mass is 621 g/mol. The number of amidine groups is 2. The maximum absolute atomic E-state index is 5.13. The average Bonchev–Trinajstić information content (AvgIpc) is 3.42. The molecule has 0 fully saturated rings. The third-order valence-electron chi connectivity index (χ3n) is 9.32. The van der Waals surface area contributed by atoms with Gasteiger partial charge >= 0.3 is 0 Å². The van der Waals surface area contributed by atoms with Crippen LogP contribution < -0.4 is 0 Å². The molecule has 0 amide bonds. The molecule has 0 aromatic heterocycles. The minimum atomic E-state index is -0.484. The van der Waals surface area contributed by atoms with Crippen molar-refractivity contribution in [1.29, 1.82) is 0 Å². The zero-order chi connectivity index (χ0) is 33.1. The van der Waals surface area contributed by atoms with E-state index in [2.05, 4.69) is 130 Å². The summed E-state index contributed by atoms with van der Waals surface area (Å²) in [6.07, 6.45) is 0. The molecular formula is C45H39N3. The van der Waals surface area contributed by atoms with Gasteiger partial charge in [-0.1, -0.05) is 178 Å². The maximum Gasteiger partial charge on any atom is 0.161 e. The summed E-state index contributed by atoms with van der Waals surface area (Å²) in [7, 11) is 0. The first-order valence-electron chi connectivity index (χ1n) is 16.5. The lowest BCUT2D eigenvalue weighted by Crippen LogP contribution is -2.29. The number of hydrogen-bond acceptors (Lipinski definition) is 1. The molecule has 0 unspecified atom stereocenters. The first-order chi connectivity index (χ1) is 23.4. The number of hydrogen-bond donors (Lipinski definition) is 0. The van der Waals surface area contributed by atoms with Crippen LogP contribution >= 0.6 is 0 Å². The Kier molecular flexibility index (Phi) is 8.29. The third kappa shape index (κ3) is 5.62. The zero-order valence-electron chi connectivity index (χ0n) is 27.8. The van der Waals surface area contributed by atoms with Crippen molar-refractivity contribution in [3.8, 4) is 11.1 Å². The fraction of sp³-hybridized carbons (Fsp3) is 0.133. The minimum Gasteiger partial charge on any atom is -0.261 e. The first-order valence-corrected chi connectivity index (χ1v) is 16.5. The van der Waals surface area contributed by atoms with Crippen LogP contribution in [0.2, 0.25) is 0 Å². The van der Waals surface area contributed by atoms with Gasteiger partial charge < -0.3 is 0 Å². The van der Waals surface area contributed by atoms with Crippen LogP contribution in [0.25, 0.3) is 11.1 Å². The lowest BCUT2D eigenvalue weighted by Gasteiger charge is -2.35. The van der Waals surface area contributed by atoms with Crippen molar-refractivity contribution in [3.63, 3.8) is 0 Å². The van der Waals surface area contributed by atoms with Gasteiger partial charge in [0.15, 0.2) is 11.7 Å². The van der Waals surface area contributed by atoms with Gasteiger partial charge in [0, 0.05) is 11.1 Å². The normalized spacial score (nSPS) is 13.9. The molecule has 0 spiro atoms. The average molecular weight is 622 g/mol. The van der Waals surface area contributed by atoms with Crippen LogP contribution in [0.4, 0.5) is 0 Å². The molecule has 1 aliphatic rings. The molecule has 0 saturated heterocycles. The van der Waals surface area contributed by atoms with Crippen molar-refractivity contribution < 1.29 is 0 Å². The molecule has 6 aromatic rings. The second-order valence-electron chi connectivity index (χ2n) is 13.3. The molecule has 0 saturated carbocycles. The standard InChI is InChI=1S/C45H39N3/c1-44(2,3)37-26-28-39-38-27-25-32(31-47-43(34-19-11-6-12-20-34)48-42(46-4)33-17-9-5-10-18-33)29-40(38)45(41(39)30-37,35-21-13-7-14-22-35)36-23-15-8-16-24-36/h5-30H,4,31H2,1-3H3. The van der Waals surface area contributed by atoms with E-state index >= 15 is 0 Å². The molecule has 0 heterocycles. The van der Waals surface area contributed by atoms with Crippen molar-refractivity contribution >= 4 is 18.4 Å². The van der Waals surface area contributed by atoms with Gasteiger partial charge in [0.25, 0.3) is 0 Å². The predicted octanol–water partition coefficient (Wildman–Crippen LogP) is 10.4. The highest BCUT2D eigenvalue weighted by Gasteiger charge is 2.46. The molecule has 0 aliphatic heterocycles. The van der Waals surface area contributed by atoms with Crippen LogP contribution in [0, 0.1) is 0 Å². The first kappa shape index (κ1) is 31.0. The second-order valence-corrected chi connectivity index (χ2v) is 13.3. The molecule has 234 valence electrons. The highest BCUT2D eigenvalue weighted by atomic mass is 15.0. The van der Waals surface area contributed by atoms with Gasteiger partial charge in [0.2, 0.25) is 0 Å². The van der Waals surface area contributed by atoms with Crippen molar-refractivity contribution in [1.82, 2.24) is 0 Å². The second kappa shape index (κ2) is 12.8. The predicted molar refractivity (Wildman–Crippen MR) is 202 cm³/mol. The van der Waals surface area contributed by atoms with Gasteiger partial charge in [-0.3, -0.25) is 4.99 Å². The van der Waals surface area contributed by atoms with Crippen LogP contribution in [0.5, 0.6) is 0 Å². The largest absolute Gasteiger partial charge is 0.261 e. The summed E-state index contributed by atoms with van der Waals surface area (Å²) in [5, 5.41) is 0. The fourth-order valence-corrected chi connectivity index (χ4v) is 6.92. The maximum atomic E-state index is 5.13. The molecule has 48 heavy (non-hydrogen) atoms. The van der Waals surface area contributed by atoms with Gasteiger partial charge in [-0.05, 0) is 56.6 Å². The van der Waals surface area contributed by atoms with Crippen molar-refractivity contribution in [2.24, 2.45) is 15.0 Å². The van der Waals surface area contributed by atoms with Crippen LogP contribution in [0.15, 0.2) is 173 Å². The molecule has 0 N–H and O–H groups in total. The van der Waals surface area contributed by atoms with Gasteiger partial charge in [-0.25, -0.2) is 9.98 Å². The molecule has 0 bridgehead atoms. The minimum absolute atomic E-state index is 0.00997. The summed E-state index contributed by atoms with van der Waals surface area (Å²) in [6.45, 7) is 11.1. The van der Waals surface area contributed by atoms with E-state index in [-0.39, 0.29) is 5.41 Å². The quantitative estimate of drug-likeness (QED) is 0.131. The van der Waals surface area contributed by atoms with Crippen molar-refractivity contribution in [3.05, 3.63) is 202 Å². The van der Waals surface area contributed by atoms with Gasteiger partial charge in [0.05, 0.1) is 12.0 Å². The molecule has 0 radical (unpaired) electrons. The molecule has 6 aromatic carbocycles. The molecule has 7 rings (SSSR count).